The summed E-state index contributed by atoms with van der Waals surface area (Å²) in [6.45, 7) is 2.10. The van der Waals surface area contributed by atoms with Gasteiger partial charge in [0.2, 0.25) is 5.91 Å². The highest BCUT2D eigenvalue weighted by molar-refractivity contribution is 6.31. The van der Waals surface area contributed by atoms with Gasteiger partial charge in [-0.25, -0.2) is 14.3 Å². The number of aromatic amines is 1. The molecule has 2 aromatic carbocycles. The highest BCUT2D eigenvalue weighted by Crippen LogP contribution is 2.32. The Kier molecular flexibility index (Phi) is 7.25. The van der Waals surface area contributed by atoms with E-state index in [-0.39, 0.29) is 30.6 Å². The molecule has 0 aliphatic rings. The lowest BCUT2D eigenvalue weighted by Crippen LogP contribution is -2.26. The fraction of sp³-hybridized carbons (Fsp3) is 0.318. The lowest BCUT2D eigenvalue weighted by Gasteiger charge is -2.15. The van der Waals surface area contributed by atoms with Crippen LogP contribution in [-0.2, 0) is 36.0 Å². The lowest BCUT2D eigenvalue weighted by atomic mass is 9.93. The molecule has 0 unspecified atom stereocenters. The van der Waals surface area contributed by atoms with E-state index in [9.17, 15) is 14.0 Å². The second kappa shape index (κ2) is 9.89. The Balaban J connectivity index is 1.92. The molecular weight excluding hydrogens is 423 g/mol. The van der Waals surface area contributed by atoms with Gasteiger partial charge in [-0.2, -0.15) is 5.10 Å². The summed E-state index contributed by atoms with van der Waals surface area (Å²) in [6.07, 6.45) is 1.04. The summed E-state index contributed by atoms with van der Waals surface area (Å²) >= 11 is 6.35. The summed E-state index contributed by atoms with van der Waals surface area (Å²) in [7, 11) is 3.09. The quantitative estimate of drug-likeness (QED) is 0.556. The number of carbonyl (C=O) groups excluding carboxylic acids is 1. The minimum Gasteiger partial charge on any atom is -0.375 e. The number of aryl methyl sites for hydroxylation is 3. The Labute approximate surface area is 184 Å². The SMILES string of the molecule is COCC(=O)NCc1ccc(F)c(-c2cc(Cl)c(C)cc2CCc2n[nH]c(=O)n2C)c1. The molecule has 0 aliphatic heterocycles. The van der Waals surface area contributed by atoms with E-state index in [0.29, 0.717) is 34.8 Å². The number of H-pyrrole nitrogens is 1. The van der Waals surface area contributed by atoms with Gasteiger partial charge in [-0.3, -0.25) is 9.36 Å². The highest BCUT2D eigenvalue weighted by Gasteiger charge is 2.15. The van der Waals surface area contributed by atoms with E-state index in [1.165, 1.54) is 17.7 Å². The van der Waals surface area contributed by atoms with Crippen LogP contribution in [0, 0.1) is 12.7 Å². The second-order valence-electron chi connectivity index (χ2n) is 7.29. The van der Waals surface area contributed by atoms with Crippen molar-refractivity contribution in [3.63, 3.8) is 0 Å². The number of amides is 1. The maximum atomic E-state index is 14.8. The lowest BCUT2D eigenvalue weighted by molar-refractivity contribution is -0.124. The minimum atomic E-state index is -0.389. The molecule has 2 N–H and O–H groups in total. The summed E-state index contributed by atoms with van der Waals surface area (Å²) in [5, 5.41) is 9.72. The number of nitrogens with one attached hydrogen (secondary N) is 2. The first-order valence-electron chi connectivity index (χ1n) is 9.74. The molecule has 3 rings (SSSR count). The molecule has 0 spiro atoms. The molecule has 7 nitrogen and oxygen atoms in total. The fourth-order valence-electron chi connectivity index (χ4n) is 3.32. The van der Waals surface area contributed by atoms with Gasteiger partial charge in [0.15, 0.2) is 0 Å². The van der Waals surface area contributed by atoms with Crippen molar-refractivity contribution in [3.8, 4) is 11.1 Å². The van der Waals surface area contributed by atoms with Crippen LogP contribution in [0.15, 0.2) is 35.1 Å². The average Bonchev–Trinajstić information content (AvgIpc) is 3.06. The van der Waals surface area contributed by atoms with E-state index in [0.717, 1.165) is 16.7 Å². The first-order chi connectivity index (χ1) is 14.8. The molecule has 9 heteroatoms. The van der Waals surface area contributed by atoms with Crippen molar-refractivity contribution in [2.45, 2.75) is 26.3 Å². The molecule has 0 aliphatic carbocycles. The Bertz CT molecular complexity index is 1160. The summed E-state index contributed by atoms with van der Waals surface area (Å²) in [5.41, 5.74) is 3.29. The normalized spacial score (nSPS) is 11.0. The van der Waals surface area contributed by atoms with Gasteiger partial charge >= 0.3 is 5.69 Å². The van der Waals surface area contributed by atoms with E-state index in [2.05, 4.69) is 15.5 Å². The molecule has 0 fully saturated rings. The van der Waals surface area contributed by atoms with Gasteiger partial charge < -0.3 is 10.1 Å². The van der Waals surface area contributed by atoms with Crippen LogP contribution in [0.2, 0.25) is 5.02 Å². The minimum absolute atomic E-state index is 0.0402. The molecule has 1 heterocycles. The largest absolute Gasteiger partial charge is 0.375 e. The Morgan fingerprint density at radius 3 is 2.71 bits per heavy atom. The van der Waals surface area contributed by atoms with Crippen molar-refractivity contribution in [1.82, 2.24) is 20.1 Å². The number of aromatic nitrogens is 3. The third-order valence-electron chi connectivity index (χ3n) is 5.06. The zero-order valence-corrected chi connectivity index (χ0v) is 18.3. The summed E-state index contributed by atoms with van der Waals surface area (Å²) in [4.78, 5) is 23.3. The van der Waals surface area contributed by atoms with Gasteiger partial charge in [-0.15, -0.1) is 0 Å². The molecular formula is C22H24ClFN4O3. The third kappa shape index (κ3) is 5.39. The van der Waals surface area contributed by atoms with Gasteiger partial charge in [0, 0.05) is 37.7 Å². The fourth-order valence-corrected chi connectivity index (χ4v) is 3.48. The standard InChI is InChI=1S/C22H24ClFN4O3/c1-13-8-15(5-7-20-26-27-22(30)28(20)2)16(10-18(13)23)17-9-14(4-6-19(17)24)11-25-21(29)12-31-3/h4,6,8-10H,5,7,11-12H2,1-3H3,(H,25,29)(H,27,30). The monoisotopic (exact) mass is 446 g/mol. The summed E-state index contributed by atoms with van der Waals surface area (Å²) in [6, 6.07) is 8.39. The van der Waals surface area contributed by atoms with Crippen LogP contribution >= 0.6 is 11.6 Å². The van der Waals surface area contributed by atoms with Crippen molar-refractivity contribution >= 4 is 17.5 Å². The van der Waals surface area contributed by atoms with Crippen molar-refractivity contribution < 1.29 is 13.9 Å². The molecule has 3 aromatic rings. The number of carbonyl (C=O) groups is 1. The number of halogens is 2. The summed E-state index contributed by atoms with van der Waals surface area (Å²) < 4.78 is 21.1. The number of hydrogen-bond acceptors (Lipinski definition) is 4. The van der Waals surface area contributed by atoms with Crippen LogP contribution in [0.1, 0.15) is 22.5 Å². The maximum absolute atomic E-state index is 14.8. The van der Waals surface area contributed by atoms with Crippen LogP contribution < -0.4 is 11.0 Å². The predicted octanol–water partition coefficient (Wildman–Crippen LogP) is 2.92. The van der Waals surface area contributed by atoms with E-state index in [1.807, 2.05) is 13.0 Å². The molecule has 0 atom stereocenters. The number of hydrogen-bond donors (Lipinski definition) is 2. The van der Waals surface area contributed by atoms with Crippen molar-refractivity contribution in [3.05, 3.63) is 74.2 Å². The zero-order chi connectivity index (χ0) is 22.5. The predicted molar refractivity (Wildman–Crippen MR) is 117 cm³/mol. The molecule has 164 valence electrons. The van der Waals surface area contributed by atoms with Crippen LogP contribution in [-0.4, -0.2) is 34.4 Å². The molecule has 1 aromatic heterocycles. The molecule has 0 saturated heterocycles. The molecule has 0 bridgehead atoms. The molecule has 31 heavy (non-hydrogen) atoms. The molecule has 0 radical (unpaired) electrons. The van der Waals surface area contributed by atoms with Crippen LogP contribution in [0.25, 0.3) is 11.1 Å². The zero-order valence-electron chi connectivity index (χ0n) is 17.6. The Morgan fingerprint density at radius 1 is 1.26 bits per heavy atom. The summed E-state index contributed by atoms with van der Waals surface area (Å²) in [5.74, 6) is -0.0315. The van der Waals surface area contributed by atoms with Gasteiger partial charge in [0.25, 0.3) is 0 Å². The van der Waals surface area contributed by atoms with Crippen LogP contribution in [0.4, 0.5) is 4.39 Å². The van der Waals surface area contributed by atoms with Crippen LogP contribution in [0.5, 0.6) is 0 Å². The van der Waals surface area contributed by atoms with Crippen molar-refractivity contribution in [2.75, 3.05) is 13.7 Å². The Hall–Kier alpha value is -2.97. The Morgan fingerprint density at radius 2 is 2.03 bits per heavy atom. The van der Waals surface area contributed by atoms with Crippen molar-refractivity contribution in [2.24, 2.45) is 7.05 Å². The smallest absolute Gasteiger partial charge is 0.343 e. The van der Waals surface area contributed by atoms with E-state index in [4.69, 9.17) is 16.3 Å². The number of methoxy groups -OCH3 is 1. The first kappa shape index (κ1) is 22.7. The van der Waals surface area contributed by atoms with E-state index >= 15 is 0 Å². The average molecular weight is 447 g/mol. The molecule has 0 saturated carbocycles. The van der Waals surface area contributed by atoms with Crippen molar-refractivity contribution in [1.29, 1.82) is 0 Å². The van der Waals surface area contributed by atoms with E-state index < -0.39 is 0 Å². The number of benzene rings is 2. The topological polar surface area (TPSA) is 89.0 Å². The third-order valence-corrected chi connectivity index (χ3v) is 5.47. The van der Waals surface area contributed by atoms with Gasteiger partial charge in [0.1, 0.15) is 18.2 Å². The number of rotatable bonds is 8. The van der Waals surface area contributed by atoms with E-state index in [1.54, 1.807) is 25.2 Å². The second-order valence-corrected chi connectivity index (χ2v) is 7.69. The first-order valence-corrected chi connectivity index (χ1v) is 10.1. The van der Waals surface area contributed by atoms with Gasteiger partial charge in [-0.05, 0) is 53.8 Å². The maximum Gasteiger partial charge on any atom is 0.343 e. The number of ether oxygens (including phenoxy) is 1. The van der Waals surface area contributed by atoms with Crippen LogP contribution in [0.3, 0.4) is 0 Å². The van der Waals surface area contributed by atoms with Gasteiger partial charge in [0.05, 0.1) is 0 Å². The highest BCUT2D eigenvalue weighted by atomic mass is 35.5. The van der Waals surface area contributed by atoms with Gasteiger partial charge in [-0.1, -0.05) is 23.7 Å². The number of nitrogens with zero attached hydrogens (tertiary/aromatic N) is 2. The molecule has 1 amide bonds.